The van der Waals surface area contributed by atoms with Crippen LogP contribution in [0.1, 0.15) is 27.8 Å². The summed E-state index contributed by atoms with van der Waals surface area (Å²) in [6.45, 7) is 2.03. The molecule has 4 nitrogen and oxygen atoms in total. The first kappa shape index (κ1) is 18.6. The van der Waals surface area contributed by atoms with Gasteiger partial charge in [0, 0.05) is 29.7 Å². The molecule has 5 heteroatoms. The first-order chi connectivity index (χ1) is 13.4. The minimum absolute atomic E-state index is 0.0597. The molecule has 3 aromatic rings. The lowest BCUT2D eigenvalue weighted by molar-refractivity contribution is 0.426. The van der Waals surface area contributed by atoms with Crippen molar-refractivity contribution in [2.24, 2.45) is 5.73 Å². The van der Waals surface area contributed by atoms with Crippen LogP contribution in [0.25, 0.3) is 0 Å². The largest absolute Gasteiger partial charge is 0.506 e. The lowest BCUT2D eigenvalue weighted by atomic mass is 9.80. The third-order valence-electron chi connectivity index (χ3n) is 5.35. The van der Waals surface area contributed by atoms with Crippen molar-refractivity contribution in [2.75, 3.05) is 5.32 Å². The highest BCUT2D eigenvalue weighted by Crippen LogP contribution is 2.46. The van der Waals surface area contributed by atoms with Crippen LogP contribution in [0.5, 0.6) is 5.75 Å². The lowest BCUT2D eigenvalue weighted by Gasteiger charge is -2.32. The molecule has 4 rings (SSSR count). The number of nitrogens with two attached hydrogens (primary N) is 1. The predicted molar refractivity (Wildman–Crippen MR) is 117 cm³/mol. The number of amidine groups is 1. The number of fused-ring (bicyclic) bond motifs is 1. The van der Waals surface area contributed by atoms with Crippen molar-refractivity contribution in [1.82, 2.24) is 0 Å². The Balaban J connectivity index is 1.86. The first-order valence-corrected chi connectivity index (χ1v) is 9.96. The standard InChI is InChI=1S/C23H22BrN3O/c1-14-9-18(21(28)19(24)10-14)23(12-15-5-3-2-4-6-15)13-17-11-16(22(25)26)7-8-20(17)27-23/h2-11,27-28H,12-13H2,1H3,(H3,25,26). The van der Waals surface area contributed by atoms with Crippen LogP contribution in [0.2, 0.25) is 0 Å². The summed E-state index contributed by atoms with van der Waals surface area (Å²) in [4.78, 5) is 0. The summed E-state index contributed by atoms with van der Waals surface area (Å²) in [5, 5.41) is 22.3. The zero-order chi connectivity index (χ0) is 19.9. The van der Waals surface area contributed by atoms with Crippen LogP contribution < -0.4 is 11.1 Å². The molecule has 1 unspecified atom stereocenters. The fourth-order valence-corrected chi connectivity index (χ4v) is 4.64. The van der Waals surface area contributed by atoms with E-state index in [2.05, 4.69) is 33.4 Å². The molecule has 1 heterocycles. The van der Waals surface area contributed by atoms with Crippen LogP contribution >= 0.6 is 15.9 Å². The quantitative estimate of drug-likeness (QED) is 0.349. The number of phenolic OH excluding ortho intramolecular Hbond substituents is 1. The average Bonchev–Trinajstić information content (AvgIpc) is 3.03. The van der Waals surface area contributed by atoms with E-state index in [1.165, 1.54) is 5.56 Å². The van der Waals surface area contributed by atoms with E-state index in [-0.39, 0.29) is 11.6 Å². The third kappa shape index (κ3) is 3.27. The van der Waals surface area contributed by atoms with Gasteiger partial charge in [-0.05, 0) is 69.9 Å². The molecule has 1 aliphatic heterocycles. The number of aryl methyl sites for hydroxylation is 1. The van der Waals surface area contributed by atoms with Crippen molar-refractivity contribution in [3.8, 4) is 5.75 Å². The van der Waals surface area contributed by atoms with E-state index >= 15 is 0 Å². The van der Waals surface area contributed by atoms with E-state index < -0.39 is 5.54 Å². The fraction of sp³-hybridized carbons (Fsp3) is 0.174. The predicted octanol–water partition coefficient (Wildman–Crippen LogP) is 4.85. The molecular weight excluding hydrogens is 414 g/mol. The van der Waals surface area contributed by atoms with Gasteiger partial charge in [0.15, 0.2) is 0 Å². The summed E-state index contributed by atoms with van der Waals surface area (Å²) >= 11 is 3.50. The molecule has 5 N–H and O–H groups in total. The maximum atomic E-state index is 10.9. The molecule has 1 aliphatic rings. The lowest BCUT2D eigenvalue weighted by Crippen LogP contribution is -2.36. The van der Waals surface area contributed by atoms with Crippen LogP contribution in [0.3, 0.4) is 0 Å². The van der Waals surface area contributed by atoms with Crippen molar-refractivity contribution in [1.29, 1.82) is 5.41 Å². The van der Waals surface area contributed by atoms with Gasteiger partial charge in [-0.3, -0.25) is 5.41 Å². The monoisotopic (exact) mass is 435 g/mol. The van der Waals surface area contributed by atoms with Gasteiger partial charge in [0.1, 0.15) is 11.6 Å². The number of phenols is 1. The Bertz CT molecular complexity index is 1060. The fourth-order valence-electron chi connectivity index (χ4n) is 4.06. The van der Waals surface area contributed by atoms with Crippen molar-refractivity contribution >= 4 is 27.5 Å². The molecule has 0 radical (unpaired) electrons. The van der Waals surface area contributed by atoms with E-state index in [4.69, 9.17) is 11.1 Å². The van der Waals surface area contributed by atoms with Gasteiger partial charge in [-0.1, -0.05) is 30.3 Å². The van der Waals surface area contributed by atoms with Crippen molar-refractivity contribution < 1.29 is 5.11 Å². The van der Waals surface area contributed by atoms with Gasteiger partial charge in [0.05, 0.1) is 10.0 Å². The molecule has 0 aromatic heterocycles. The second-order valence-corrected chi connectivity index (χ2v) is 8.33. The summed E-state index contributed by atoms with van der Waals surface area (Å²) in [5.74, 6) is 0.318. The molecular formula is C23H22BrN3O. The Morgan fingerprint density at radius 1 is 1.18 bits per heavy atom. The second-order valence-electron chi connectivity index (χ2n) is 7.47. The van der Waals surface area contributed by atoms with Crippen molar-refractivity contribution in [3.05, 3.63) is 93.0 Å². The maximum Gasteiger partial charge on any atom is 0.135 e. The SMILES string of the molecule is Cc1cc(Br)c(O)c(C2(Cc3ccccc3)Cc3cc(C(=N)N)ccc3N2)c1. The number of anilines is 1. The van der Waals surface area contributed by atoms with Crippen molar-refractivity contribution in [2.45, 2.75) is 25.3 Å². The molecule has 28 heavy (non-hydrogen) atoms. The van der Waals surface area contributed by atoms with Crippen LogP contribution in [-0.4, -0.2) is 10.9 Å². The van der Waals surface area contributed by atoms with Gasteiger partial charge in [-0.25, -0.2) is 0 Å². The molecule has 0 amide bonds. The van der Waals surface area contributed by atoms with Crippen LogP contribution in [-0.2, 0) is 18.4 Å². The maximum absolute atomic E-state index is 10.9. The molecule has 1 atom stereocenters. The molecule has 0 fully saturated rings. The molecule has 0 saturated carbocycles. The number of hydrogen-bond donors (Lipinski definition) is 4. The van der Waals surface area contributed by atoms with Crippen molar-refractivity contribution in [3.63, 3.8) is 0 Å². The average molecular weight is 436 g/mol. The molecule has 0 bridgehead atoms. The van der Waals surface area contributed by atoms with E-state index in [1.54, 1.807) is 0 Å². The van der Waals surface area contributed by atoms with Gasteiger partial charge in [-0.15, -0.1) is 0 Å². The number of nitrogens with one attached hydrogen (secondary N) is 2. The van der Waals surface area contributed by atoms with Gasteiger partial charge < -0.3 is 16.2 Å². The molecule has 0 spiro atoms. The minimum atomic E-state index is -0.488. The number of halogens is 1. The van der Waals surface area contributed by atoms with E-state index in [0.29, 0.717) is 16.5 Å². The minimum Gasteiger partial charge on any atom is -0.506 e. The highest BCUT2D eigenvalue weighted by atomic mass is 79.9. The number of benzene rings is 3. The summed E-state index contributed by atoms with van der Waals surface area (Å²) < 4.78 is 0.692. The van der Waals surface area contributed by atoms with Crippen LogP contribution in [0.15, 0.2) is 65.1 Å². The van der Waals surface area contributed by atoms with Gasteiger partial charge in [0.2, 0.25) is 0 Å². The summed E-state index contributed by atoms with van der Waals surface area (Å²) in [6, 6.07) is 20.1. The highest BCUT2D eigenvalue weighted by molar-refractivity contribution is 9.10. The topological polar surface area (TPSA) is 82.1 Å². The summed E-state index contributed by atoms with van der Waals surface area (Å²) in [5.41, 5.74) is 11.2. The van der Waals surface area contributed by atoms with E-state index in [0.717, 1.165) is 28.8 Å². The third-order valence-corrected chi connectivity index (χ3v) is 5.96. The van der Waals surface area contributed by atoms with E-state index in [1.807, 2.05) is 55.5 Å². The zero-order valence-corrected chi connectivity index (χ0v) is 17.2. The van der Waals surface area contributed by atoms with Gasteiger partial charge in [-0.2, -0.15) is 0 Å². The van der Waals surface area contributed by atoms with Gasteiger partial charge in [0.25, 0.3) is 0 Å². The first-order valence-electron chi connectivity index (χ1n) is 9.17. The molecule has 0 saturated heterocycles. The van der Waals surface area contributed by atoms with Gasteiger partial charge >= 0.3 is 0 Å². The van der Waals surface area contributed by atoms with Crippen LogP contribution in [0.4, 0.5) is 5.69 Å². The summed E-state index contributed by atoms with van der Waals surface area (Å²) in [7, 11) is 0. The smallest absolute Gasteiger partial charge is 0.135 e. The second kappa shape index (κ2) is 6.99. The number of nitrogen functional groups attached to an aromatic ring is 1. The Kier molecular flexibility index (Phi) is 4.63. The summed E-state index contributed by atoms with van der Waals surface area (Å²) in [6.07, 6.45) is 1.42. The van der Waals surface area contributed by atoms with Crippen LogP contribution in [0, 0.1) is 12.3 Å². The molecule has 142 valence electrons. The number of hydrogen-bond acceptors (Lipinski definition) is 3. The molecule has 0 aliphatic carbocycles. The Labute approximate surface area is 173 Å². The number of aromatic hydroxyl groups is 1. The Morgan fingerprint density at radius 3 is 2.64 bits per heavy atom. The normalized spacial score (nSPS) is 17.8. The number of rotatable bonds is 4. The Hall–Kier alpha value is -2.79. The Morgan fingerprint density at radius 2 is 1.93 bits per heavy atom. The zero-order valence-electron chi connectivity index (χ0n) is 15.6. The molecule has 3 aromatic carbocycles. The highest BCUT2D eigenvalue weighted by Gasteiger charge is 2.41. The van der Waals surface area contributed by atoms with E-state index in [9.17, 15) is 5.11 Å².